The third-order valence-corrected chi connectivity index (χ3v) is 2.72. The minimum atomic E-state index is -0.811. The summed E-state index contributed by atoms with van der Waals surface area (Å²) in [4.78, 5) is 22.1. The summed E-state index contributed by atoms with van der Waals surface area (Å²) in [5.41, 5.74) is 5.17. The van der Waals surface area contributed by atoms with E-state index in [0.29, 0.717) is 12.3 Å². The first-order valence-corrected chi connectivity index (χ1v) is 5.89. The second kappa shape index (κ2) is 7.25. The number of hydrogen-bond acceptors (Lipinski definition) is 2. The van der Waals surface area contributed by atoms with E-state index in [2.05, 4.69) is 0 Å². The summed E-state index contributed by atoms with van der Waals surface area (Å²) < 4.78 is 0. The van der Waals surface area contributed by atoms with E-state index >= 15 is 0 Å². The number of nitrogens with two attached hydrogens (primary N) is 1. The fraction of sp³-hybridized carbons (Fsp3) is 0.833. The van der Waals surface area contributed by atoms with Gasteiger partial charge in [-0.1, -0.05) is 27.2 Å². The normalized spacial score (nSPS) is 14.8. The first kappa shape index (κ1) is 14.9. The lowest BCUT2D eigenvalue weighted by Crippen LogP contribution is -2.29. The van der Waals surface area contributed by atoms with Crippen molar-refractivity contribution in [3.8, 4) is 0 Å². The molecule has 94 valence electrons. The van der Waals surface area contributed by atoms with Crippen molar-refractivity contribution in [2.45, 2.75) is 46.5 Å². The van der Waals surface area contributed by atoms with Crippen LogP contribution < -0.4 is 5.73 Å². The average Bonchev–Trinajstić information content (AvgIpc) is 2.10. The Morgan fingerprint density at radius 3 is 2.19 bits per heavy atom. The van der Waals surface area contributed by atoms with Crippen LogP contribution in [0.4, 0.5) is 0 Å². The Balaban J connectivity index is 4.65. The molecule has 0 aliphatic carbocycles. The van der Waals surface area contributed by atoms with Crippen molar-refractivity contribution in [1.82, 2.24) is 0 Å². The number of rotatable bonds is 8. The van der Waals surface area contributed by atoms with E-state index in [1.807, 2.05) is 20.8 Å². The van der Waals surface area contributed by atoms with Crippen LogP contribution in [0, 0.1) is 17.8 Å². The van der Waals surface area contributed by atoms with Gasteiger partial charge in [-0.15, -0.1) is 0 Å². The molecule has 0 aromatic rings. The molecule has 2 atom stereocenters. The Labute approximate surface area is 97.2 Å². The largest absolute Gasteiger partial charge is 0.481 e. The van der Waals surface area contributed by atoms with Gasteiger partial charge in [0.15, 0.2) is 0 Å². The number of carboxylic acid groups (broad SMARTS) is 1. The summed E-state index contributed by atoms with van der Waals surface area (Å²) in [5, 5.41) is 9.15. The monoisotopic (exact) mass is 229 g/mol. The molecule has 0 heterocycles. The lowest BCUT2D eigenvalue weighted by atomic mass is 9.80. The van der Waals surface area contributed by atoms with Gasteiger partial charge in [-0.25, -0.2) is 0 Å². The standard InChI is InChI=1S/C12H23NO3/c1-4-5-10(12(15)16)9(6-8(2)3)7-11(13)14/h8-10H,4-7H2,1-3H3,(H2,13,14)(H,15,16)/t9-,10?/m1/s1. The zero-order valence-corrected chi connectivity index (χ0v) is 10.4. The fourth-order valence-electron chi connectivity index (χ4n) is 2.13. The summed E-state index contributed by atoms with van der Waals surface area (Å²) in [6, 6.07) is 0. The molecule has 0 saturated heterocycles. The first-order chi connectivity index (χ1) is 7.38. The highest BCUT2D eigenvalue weighted by Crippen LogP contribution is 2.27. The van der Waals surface area contributed by atoms with Gasteiger partial charge < -0.3 is 10.8 Å². The van der Waals surface area contributed by atoms with Crippen LogP contribution >= 0.6 is 0 Å². The number of carbonyl (C=O) groups is 2. The van der Waals surface area contributed by atoms with Crippen molar-refractivity contribution in [3.05, 3.63) is 0 Å². The Kier molecular flexibility index (Phi) is 6.77. The molecule has 16 heavy (non-hydrogen) atoms. The molecule has 1 amide bonds. The maximum absolute atomic E-state index is 11.1. The molecule has 0 spiro atoms. The molecule has 0 fully saturated rings. The van der Waals surface area contributed by atoms with Gasteiger partial charge in [-0.05, 0) is 24.7 Å². The molecule has 0 bridgehead atoms. The molecule has 1 unspecified atom stereocenters. The van der Waals surface area contributed by atoms with Crippen LogP contribution in [0.1, 0.15) is 46.5 Å². The third kappa shape index (κ3) is 5.73. The maximum atomic E-state index is 11.1. The Morgan fingerprint density at radius 2 is 1.88 bits per heavy atom. The van der Waals surface area contributed by atoms with Crippen LogP contribution in [-0.2, 0) is 9.59 Å². The lowest BCUT2D eigenvalue weighted by Gasteiger charge is -2.24. The van der Waals surface area contributed by atoms with Gasteiger partial charge in [0.25, 0.3) is 0 Å². The SMILES string of the molecule is CCCC(C(=O)O)[C@@H](CC(N)=O)CC(C)C. The van der Waals surface area contributed by atoms with Crippen LogP contribution in [0.15, 0.2) is 0 Å². The fourth-order valence-corrected chi connectivity index (χ4v) is 2.13. The van der Waals surface area contributed by atoms with Gasteiger partial charge in [0.2, 0.25) is 5.91 Å². The lowest BCUT2D eigenvalue weighted by molar-refractivity contribution is -0.144. The van der Waals surface area contributed by atoms with Crippen molar-refractivity contribution >= 4 is 11.9 Å². The minimum Gasteiger partial charge on any atom is -0.481 e. The predicted octanol–water partition coefficient (Wildman–Crippen LogP) is 2.02. The third-order valence-electron chi connectivity index (χ3n) is 2.72. The zero-order valence-electron chi connectivity index (χ0n) is 10.4. The highest BCUT2D eigenvalue weighted by molar-refractivity contribution is 5.76. The van der Waals surface area contributed by atoms with Crippen LogP contribution in [0.2, 0.25) is 0 Å². The van der Waals surface area contributed by atoms with E-state index in [1.54, 1.807) is 0 Å². The zero-order chi connectivity index (χ0) is 12.7. The molecule has 4 heteroatoms. The topological polar surface area (TPSA) is 80.4 Å². The molecule has 0 aromatic heterocycles. The van der Waals surface area contributed by atoms with Crippen LogP contribution in [0.3, 0.4) is 0 Å². The summed E-state index contributed by atoms with van der Waals surface area (Å²) in [7, 11) is 0. The highest BCUT2D eigenvalue weighted by atomic mass is 16.4. The van der Waals surface area contributed by atoms with Gasteiger partial charge in [-0.3, -0.25) is 9.59 Å². The Hall–Kier alpha value is -1.06. The molecule has 4 nitrogen and oxygen atoms in total. The molecule has 3 N–H and O–H groups in total. The van der Waals surface area contributed by atoms with Gasteiger partial charge in [0.05, 0.1) is 5.92 Å². The van der Waals surface area contributed by atoms with E-state index in [1.165, 1.54) is 0 Å². The van der Waals surface area contributed by atoms with Gasteiger partial charge in [0.1, 0.15) is 0 Å². The molecule has 0 aliphatic heterocycles. The van der Waals surface area contributed by atoms with Crippen molar-refractivity contribution in [2.75, 3.05) is 0 Å². The van der Waals surface area contributed by atoms with Crippen molar-refractivity contribution in [1.29, 1.82) is 0 Å². The summed E-state index contributed by atoms with van der Waals surface area (Å²) in [5.74, 6) is -1.42. The van der Waals surface area contributed by atoms with Crippen LogP contribution in [0.25, 0.3) is 0 Å². The molecule has 0 radical (unpaired) electrons. The first-order valence-electron chi connectivity index (χ1n) is 5.89. The Bertz CT molecular complexity index is 238. The van der Waals surface area contributed by atoms with Crippen molar-refractivity contribution in [3.63, 3.8) is 0 Å². The van der Waals surface area contributed by atoms with Crippen LogP contribution in [-0.4, -0.2) is 17.0 Å². The quantitative estimate of drug-likeness (QED) is 0.668. The van der Waals surface area contributed by atoms with Gasteiger partial charge in [0, 0.05) is 6.42 Å². The number of amides is 1. The smallest absolute Gasteiger partial charge is 0.306 e. The number of aliphatic carboxylic acids is 1. The molecular weight excluding hydrogens is 206 g/mol. The molecule has 0 aliphatic rings. The molecular formula is C12H23NO3. The van der Waals surface area contributed by atoms with Crippen LogP contribution in [0.5, 0.6) is 0 Å². The summed E-state index contributed by atoms with van der Waals surface area (Å²) in [6.07, 6.45) is 2.33. The average molecular weight is 229 g/mol. The molecule has 0 aromatic carbocycles. The van der Waals surface area contributed by atoms with Crippen molar-refractivity contribution in [2.24, 2.45) is 23.5 Å². The maximum Gasteiger partial charge on any atom is 0.306 e. The molecule has 0 saturated carbocycles. The number of carbonyl (C=O) groups excluding carboxylic acids is 1. The van der Waals surface area contributed by atoms with Gasteiger partial charge >= 0.3 is 5.97 Å². The second-order valence-electron chi connectivity index (χ2n) is 4.79. The van der Waals surface area contributed by atoms with E-state index in [9.17, 15) is 9.59 Å². The van der Waals surface area contributed by atoms with E-state index < -0.39 is 17.8 Å². The number of primary amides is 1. The van der Waals surface area contributed by atoms with E-state index in [0.717, 1.165) is 12.8 Å². The number of carboxylic acids is 1. The van der Waals surface area contributed by atoms with Gasteiger partial charge in [-0.2, -0.15) is 0 Å². The second-order valence-corrected chi connectivity index (χ2v) is 4.79. The summed E-state index contributed by atoms with van der Waals surface area (Å²) >= 11 is 0. The highest BCUT2D eigenvalue weighted by Gasteiger charge is 2.28. The van der Waals surface area contributed by atoms with E-state index in [-0.39, 0.29) is 12.3 Å². The summed E-state index contributed by atoms with van der Waals surface area (Å²) in [6.45, 7) is 6.00. The van der Waals surface area contributed by atoms with Crippen molar-refractivity contribution < 1.29 is 14.7 Å². The minimum absolute atomic E-state index is 0.130. The number of hydrogen-bond donors (Lipinski definition) is 2. The molecule has 0 rings (SSSR count). The Morgan fingerprint density at radius 1 is 1.31 bits per heavy atom. The predicted molar refractivity (Wildman–Crippen MR) is 62.8 cm³/mol. The van der Waals surface area contributed by atoms with E-state index in [4.69, 9.17) is 10.8 Å².